The highest BCUT2D eigenvalue weighted by molar-refractivity contribution is 5.57. The maximum atomic E-state index is 9.25. The van der Waals surface area contributed by atoms with Gasteiger partial charge < -0.3 is 4.90 Å². The molecule has 1 fully saturated rings. The number of aromatic nitrogens is 2. The molecule has 2 heterocycles. The summed E-state index contributed by atoms with van der Waals surface area (Å²) in [6.45, 7) is 6.27. The summed E-state index contributed by atoms with van der Waals surface area (Å²) in [5.74, 6) is 1.87. The first-order valence-corrected chi connectivity index (χ1v) is 6.86. The van der Waals surface area contributed by atoms with Crippen molar-refractivity contribution in [3.05, 3.63) is 11.3 Å². The summed E-state index contributed by atoms with van der Waals surface area (Å²) in [6.07, 6.45) is 5.09. The van der Waals surface area contributed by atoms with E-state index >= 15 is 0 Å². The minimum Gasteiger partial charge on any atom is -0.356 e. The lowest BCUT2D eigenvalue weighted by molar-refractivity contribution is 0.375. The van der Waals surface area contributed by atoms with Crippen LogP contribution in [0, 0.1) is 24.2 Å². The van der Waals surface area contributed by atoms with Crippen molar-refractivity contribution in [3.8, 4) is 6.07 Å². The molecule has 0 amide bonds. The summed E-state index contributed by atoms with van der Waals surface area (Å²) in [7, 11) is 1.93. The van der Waals surface area contributed by atoms with Gasteiger partial charge in [-0.05, 0) is 25.7 Å². The Labute approximate surface area is 109 Å². The summed E-state index contributed by atoms with van der Waals surface area (Å²) >= 11 is 0. The summed E-state index contributed by atoms with van der Waals surface area (Å²) in [6, 6.07) is 2.29. The number of nitrogens with zero attached hydrogens (tertiary/aromatic N) is 4. The van der Waals surface area contributed by atoms with Crippen LogP contribution in [0.25, 0.3) is 0 Å². The molecule has 4 nitrogen and oxygen atoms in total. The van der Waals surface area contributed by atoms with Gasteiger partial charge in [-0.25, -0.2) is 0 Å². The van der Waals surface area contributed by atoms with Crippen LogP contribution in [0.4, 0.5) is 5.82 Å². The highest BCUT2D eigenvalue weighted by atomic mass is 15.4. The van der Waals surface area contributed by atoms with E-state index in [1.165, 1.54) is 25.7 Å². The van der Waals surface area contributed by atoms with E-state index in [2.05, 4.69) is 23.0 Å². The van der Waals surface area contributed by atoms with E-state index in [1.54, 1.807) is 0 Å². The molecule has 0 atom stereocenters. The van der Waals surface area contributed by atoms with E-state index in [0.717, 1.165) is 36.1 Å². The molecular formula is C14H22N4. The Balaban J connectivity index is 2.13. The zero-order chi connectivity index (χ0) is 13.1. The standard InChI is InChI=1S/C14H22N4/c1-4-5-12-6-8-18(9-7-12)14-13(10-15)11(2)16-17(14)3/h12H,4-9H2,1-3H3. The number of piperidine rings is 1. The van der Waals surface area contributed by atoms with Gasteiger partial charge >= 0.3 is 0 Å². The van der Waals surface area contributed by atoms with Crippen LogP contribution < -0.4 is 4.90 Å². The SMILES string of the molecule is CCCC1CCN(c2c(C#N)c(C)nn2C)CC1. The molecule has 1 aliphatic rings. The van der Waals surface area contributed by atoms with E-state index in [-0.39, 0.29) is 0 Å². The smallest absolute Gasteiger partial charge is 0.144 e. The third-order valence-corrected chi connectivity index (χ3v) is 3.91. The fourth-order valence-corrected chi connectivity index (χ4v) is 2.98. The molecule has 1 aromatic rings. The second-order valence-electron chi connectivity index (χ2n) is 5.24. The van der Waals surface area contributed by atoms with Gasteiger partial charge in [-0.2, -0.15) is 10.4 Å². The van der Waals surface area contributed by atoms with Gasteiger partial charge in [0, 0.05) is 20.1 Å². The molecular weight excluding hydrogens is 224 g/mol. The van der Waals surface area contributed by atoms with Crippen molar-refractivity contribution in [1.29, 1.82) is 5.26 Å². The van der Waals surface area contributed by atoms with Gasteiger partial charge in [-0.1, -0.05) is 19.8 Å². The Morgan fingerprint density at radius 2 is 2.06 bits per heavy atom. The topological polar surface area (TPSA) is 44.9 Å². The highest BCUT2D eigenvalue weighted by Gasteiger charge is 2.24. The number of hydrogen-bond acceptors (Lipinski definition) is 3. The fraction of sp³-hybridized carbons (Fsp3) is 0.714. The zero-order valence-electron chi connectivity index (χ0n) is 11.6. The first-order valence-electron chi connectivity index (χ1n) is 6.86. The zero-order valence-corrected chi connectivity index (χ0v) is 11.6. The van der Waals surface area contributed by atoms with Crippen molar-refractivity contribution in [2.75, 3.05) is 18.0 Å². The van der Waals surface area contributed by atoms with Crippen molar-refractivity contribution in [1.82, 2.24) is 9.78 Å². The predicted molar refractivity (Wildman–Crippen MR) is 72.5 cm³/mol. The maximum absolute atomic E-state index is 9.25. The largest absolute Gasteiger partial charge is 0.356 e. The summed E-state index contributed by atoms with van der Waals surface area (Å²) < 4.78 is 1.86. The molecule has 1 saturated heterocycles. The van der Waals surface area contributed by atoms with Crippen LogP contribution >= 0.6 is 0 Å². The minimum absolute atomic E-state index is 0.742. The third-order valence-electron chi connectivity index (χ3n) is 3.91. The molecule has 0 bridgehead atoms. The van der Waals surface area contributed by atoms with Gasteiger partial charge in [-0.15, -0.1) is 0 Å². The molecule has 0 N–H and O–H groups in total. The van der Waals surface area contributed by atoms with Gasteiger partial charge in [0.05, 0.1) is 5.69 Å². The molecule has 4 heteroatoms. The molecule has 2 rings (SSSR count). The first kappa shape index (κ1) is 12.9. The van der Waals surface area contributed by atoms with Gasteiger partial charge in [-0.3, -0.25) is 4.68 Å². The Morgan fingerprint density at radius 3 is 2.61 bits per heavy atom. The number of nitriles is 1. The quantitative estimate of drug-likeness (QED) is 0.823. The van der Waals surface area contributed by atoms with Crippen LogP contribution in [0.2, 0.25) is 0 Å². The van der Waals surface area contributed by atoms with Crippen LogP contribution in [0.1, 0.15) is 43.9 Å². The summed E-state index contributed by atoms with van der Waals surface area (Å²) in [5.41, 5.74) is 1.58. The van der Waals surface area contributed by atoms with Gasteiger partial charge in [0.15, 0.2) is 0 Å². The van der Waals surface area contributed by atoms with Crippen molar-refractivity contribution >= 4 is 5.82 Å². The molecule has 18 heavy (non-hydrogen) atoms. The number of aryl methyl sites for hydroxylation is 2. The highest BCUT2D eigenvalue weighted by Crippen LogP contribution is 2.28. The third kappa shape index (κ3) is 2.35. The maximum Gasteiger partial charge on any atom is 0.144 e. The van der Waals surface area contributed by atoms with Crippen molar-refractivity contribution in [2.45, 2.75) is 39.5 Å². The average Bonchev–Trinajstić information content (AvgIpc) is 2.65. The Bertz CT molecular complexity index is 447. The Kier molecular flexibility index (Phi) is 3.90. The number of hydrogen-bond donors (Lipinski definition) is 0. The molecule has 0 unspecified atom stereocenters. The van der Waals surface area contributed by atoms with E-state index < -0.39 is 0 Å². The molecule has 0 spiro atoms. The fourth-order valence-electron chi connectivity index (χ4n) is 2.98. The molecule has 98 valence electrons. The van der Waals surface area contributed by atoms with E-state index in [0.29, 0.717) is 0 Å². The van der Waals surface area contributed by atoms with E-state index in [1.807, 2.05) is 18.7 Å². The lowest BCUT2D eigenvalue weighted by Gasteiger charge is -2.33. The van der Waals surface area contributed by atoms with E-state index in [4.69, 9.17) is 0 Å². The first-order chi connectivity index (χ1) is 8.67. The average molecular weight is 246 g/mol. The minimum atomic E-state index is 0.742. The van der Waals surface area contributed by atoms with Crippen LogP contribution in [0.15, 0.2) is 0 Å². The number of rotatable bonds is 3. The van der Waals surface area contributed by atoms with E-state index in [9.17, 15) is 5.26 Å². The van der Waals surface area contributed by atoms with Gasteiger partial charge in [0.1, 0.15) is 17.5 Å². The van der Waals surface area contributed by atoms with Crippen LogP contribution in [0.5, 0.6) is 0 Å². The van der Waals surface area contributed by atoms with Crippen molar-refractivity contribution in [2.24, 2.45) is 13.0 Å². The monoisotopic (exact) mass is 246 g/mol. The lowest BCUT2D eigenvalue weighted by Crippen LogP contribution is -2.35. The van der Waals surface area contributed by atoms with Crippen LogP contribution in [0.3, 0.4) is 0 Å². The number of anilines is 1. The second-order valence-corrected chi connectivity index (χ2v) is 5.24. The van der Waals surface area contributed by atoms with Crippen LogP contribution in [-0.4, -0.2) is 22.9 Å². The summed E-state index contributed by atoms with van der Waals surface area (Å²) in [4.78, 5) is 2.32. The Hall–Kier alpha value is -1.50. The molecule has 0 saturated carbocycles. The molecule has 0 aromatic carbocycles. The van der Waals surface area contributed by atoms with Gasteiger partial charge in [0.25, 0.3) is 0 Å². The van der Waals surface area contributed by atoms with Gasteiger partial charge in [0.2, 0.25) is 0 Å². The van der Waals surface area contributed by atoms with Crippen molar-refractivity contribution < 1.29 is 0 Å². The molecule has 1 aliphatic heterocycles. The molecule has 0 radical (unpaired) electrons. The van der Waals surface area contributed by atoms with Crippen LogP contribution in [-0.2, 0) is 7.05 Å². The Morgan fingerprint density at radius 1 is 1.39 bits per heavy atom. The lowest BCUT2D eigenvalue weighted by atomic mass is 9.92. The normalized spacial score (nSPS) is 16.9. The molecule has 0 aliphatic carbocycles. The second kappa shape index (κ2) is 5.43. The summed E-state index contributed by atoms with van der Waals surface area (Å²) in [5, 5.41) is 13.6. The molecule has 1 aromatic heterocycles. The van der Waals surface area contributed by atoms with Crippen molar-refractivity contribution in [3.63, 3.8) is 0 Å². The predicted octanol–water partition coefficient (Wildman–Crippen LogP) is 2.62.